The minimum atomic E-state index is -0.887. The lowest BCUT2D eigenvalue weighted by Gasteiger charge is -2.24. The van der Waals surface area contributed by atoms with Crippen molar-refractivity contribution in [1.82, 2.24) is 0 Å². The highest BCUT2D eigenvalue weighted by atomic mass is 35.5. The van der Waals surface area contributed by atoms with Crippen LogP contribution in [0.3, 0.4) is 0 Å². The third-order valence-electron chi connectivity index (χ3n) is 2.61. The maximum absolute atomic E-state index is 10.1. The van der Waals surface area contributed by atoms with E-state index in [1.54, 1.807) is 32.2 Å². The van der Waals surface area contributed by atoms with Crippen molar-refractivity contribution in [3.63, 3.8) is 0 Å². The van der Waals surface area contributed by atoms with Crippen molar-refractivity contribution in [2.45, 2.75) is 18.9 Å². The molecule has 0 aliphatic carbocycles. The van der Waals surface area contributed by atoms with E-state index in [0.29, 0.717) is 35.8 Å². The summed E-state index contributed by atoms with van der Waals surface area (Å²) in [6.45, 7) is 2.55. The number of hydrogen-bond acceptors (Lipinski definition) is 4. The first-order valence-corrected chi connectivity index (χ1v) is 6.01. The van der Waals surface area contributed by atoms with Crippen LogP contribution in [0, 0.1) is 11.3 Å². The van der Waals surface area contributed by atoms with Crippen molar-refractivity contribution in [3.05, 3.63) is 28.8 Å². The van der Waals surface area contributed by atoms with Gasteiger partial charge in [-0.3, -0.25) is 0 Å². The molecule has 1 atom stereocenters. The third-order valence-corrected chi connectivity index (χ3v) is 2.84. The number of halogens is 1. The standard InChI is InChI=1S/C13H17ClN2O2/c1-13(17,5-6-18-2)9-16-12-4-3-11(14)7-10(12)8-15/h3-4,7,16-17H,5-6,9H2,1-2H3. The van der Waals surface area contributed by atoms with Crippen molar-refractivity contribution in [2.24, 2.45) is 0 Å². The number of hydrogen-bond donors (Lipinski definition) is 2. The van der Waals surface area contributed by atoms with Crippen LogP contribution in [0.5, 0.6) is 0 Å². The second-order valence-corrected chi connectivity index (χ2v) is 4.83. The molecule has 1 aromatic carbocycles. The highest BCUT2D eigenvalue weighted by Crippen LogP contribution is 2.21. The quantitative estimate of drug-likeness (QED) is 0.832. The maximum atomic E-state index is 10.1. The Balaban J connectivity index is 2.66. The molecule has 5 heteroatoms. The molecule has 18 heavy (non-hydrogen) atoms. The SMILES string of the molecule is COCCC(C)(O)CNc1ccc(Cl)cc1C#N. The summed E-state index contributed by atoms with van der Waals surface area (Å²) in [6, 6.07) is 7.09. The van der Waals surface area contributed by atoms with E-state index in [1.165, 1.54) is 0 Å². The Hall–Kier alpha value is -1.28. The fourth-order valence-electron chi connectivity index (χ4n) is 1.46. The lowest BCUT2D eigenvalue weighted by atomic mass is 10.0. The molecular weight excluding hydrogens is 252 g/mol. The van der Waals surface area contributed by atoms with Crippen molar-refractivity contribution < 1.29 is 9.84 Å². The first kappa shape index (κ1) is 14.8. The van der Waals surface area contributed by atoms with Crippen LogP contribution in [0.2, 0.25) is 5.02 Å². The number of rotatable bonds is 6. The predicted molar refractivity (Wildman–Crippen MR) is 71.8 cm³/mol. The van der Waals surface area contributed by atoms with E-state index in [2.05, 4.69) is 11.4 Å². The molecule has 0 heterocycles. The highest BCUT2D eigenvalue weighted by molar-refractivity contribution is 6.30. The van der Waals surface area contributed by atoms with E-state index >= 15 is 0 Å². The lowest BCUT2D eigenvalue weighted by Crippen LogP contribution is -2.34. The molecule has 98 valence electrons. The minimum Gasteiger partial charge on any atom is -0.388 e. The third kappa shape index (κ3) is 4.53. The van der Waals surface area contributed by atoms with Crippen molar-refractivity contribution >= 4 is 17.3 Å². The molecule has 0 amide bonds. The number of benzene rings is 1. The Morgan fingerprint density at radius 3 is 2.89 bits per heavy atom. The smallest absolute Gasteiger partial charge is 0.101 e. The number of aliphatic hydroxyl groups is 1. The van der Waals surface area contributed by atoms with Crippen LogP contribution in [-0.2, 0) is 4.74 Å². The number of methoxy groups -OCH3 is 1. The first-order chi connectivity index (χ1) is 8.48. The van der Waals surface area contributed by atoms with Gasteiger partial charge in [0.05, 0.1) is 16.9 Å². The second kappa shape index (κ2) is 6.60. The molecule has 0 spiro atoms. The molecule has 1 rings (SSSR count). The fourth-order valence-corrected chi connectivity index (χ4v) is 1.63. The second-order valence-electron chi connectivity index (χ2n) is 4.40. The van der Waals surface area contributed by atoms with Gasteiger partial charge in [-0.1, -0.05) is 11.6 Å². The molecule has 2 N–H and O–H groups in total. The van der Waals surface area contributed by atoms with Crippen LogP contribution in [0.15, 0.2) is 18.2 Å². The summed E-state index contributed by atoms with van der Waals surface area (Å²) < 4.78 is 4.93. The molecule has 0 aromatic heterocycles. The van der Waals surface area contributed by atoms with Gasteiger partial charge < -0.3 is 15.2 Å². The average Bonchev–Trinajstić information content (AvgIpc) is 2.35. The van der Waals surface area contributed by atoms with E-state index in [9.17, 15) is 5.11 Å². The average molecular weight is 269 g/mol. The fraction of sp³-hybridized carbons (Fsp3) is 0.462. The molecule has 0 aliphatic rings. The van der Waals surface area contributed by atoms with Crippen LogP contribution in [0.25, 0.3) is 0 Å². The van der Waals surface area contributed by atoms with Gasteiger partial charge in [-0.2, -0.15) is 5.26 Å². The zero-order valence-electron chi connectivity index (χ0n) is 10.5. The zero-order chi connectivity index (χ0) is 13.6. The number of nitrogens with one attached hydrogen (secondary N) is 1. The predicted octanol–water partition coefficient (Wildman–Crippen LogP) is 2.41. The van der Waals surface area contributed by atoms with Gasteiger partial charge in [-0.15, -0.1) is 0 Å². The Bertz CT molecular complexity index is 441. The summed E-state index contributed by atoms with van der Waals surface area (Å²) >= 11 is 5.81. The van der Waals surface area contributed by atoms with Gasteiger partial charge in [0.1, 0.15) is 6.07 Å². The van der Waals surface area contributed by atoms with E-state index in [-0.39, 0.29) is 0 Å². The molecule has 0 bridgehead atoms. The van der Waals surface area contributed by atoms with Crippen LogP contribution in [0.4, 0.5) is 5.69 Å². The summed E-state index contributed by atoms with van der Waals surface area (Å²) in [5, 5.41) is 22.6. The molecule has 0 radical (unpaired) electrons. The molecule has 4 nitrogen and oxygen atoms in total. The topological polar surface area (TPSA) is 65.3 Å². The Morgan fingerprint density at radius 2 is 2.28 bits per heavy atom. The molecular formula is C13H17ClN2O2. The van der Waals surface area contributed by atoms with E-state index < -0.39 is 5.60 Å². The Morgan fingerprint density at radius 1 is 1.56 bits per heavy atom. The normalized spacial score (nSPS) is 13.7. The van der Waals surface area contributed by atoms with Crippen LogP contribution in [-0.4, -0.2) is 31.0 Å². The molecule has 0 saturated carbocycles. The summed E-state index contributed by atoms with van der Waals surface area (Å²) in [5.74, 6) is 0. The molecule has 0 aliphatic heterocycles. The largest absolute Gasteiger partial charge is 0.388 e. The summed E-state index contributed by atoms with van der Waals surface area (Å²) in [7, 11) is 1.59. The summed E-state index contributed by atoms with van der Waals surface area (Å²) in [6.07, 6.45) is 0.520. The number of nitriles is 1. The van der Waals surface area contributed by atoms with Crippen LogP contribution in [0.1, 0.15) is 18.9 Å². The van der Waals surface area contributed by atoms with Gasteiger partial charge in [-0.05, 0) is 25.1 Å². The van der Waals surface area contributed by atoms with Gasteiger partial charge >= 0.3 is 0 Å². The van der Waals surface area contributed by atoms with E-state index in [4.69, 9.17) is 21.6 Å². The van der Waals surface area contributed by atoms with Crippen molar-refractivity contribution in [2.75, 3.05) is 25.6 Å². The maximum Gasteiger partial charge on any atom is 0.101 e. The van der Waals surface area contributed by atoms with Gasteiger partial charge in [0.2, 0.25) is 0 Å². The van der Waals surface area contributed by atoms with Crippen LogP contribution < -0.4 is 5.32 Å². The molecule has 1 unspecified atom stereocenters. The van der Waals surface area contributed by atoms with Gasteiger partial charge in [0.15, 0.2) is 0 Å². The first-order valence-electron chi connectivity index (χ1n) is 5.63. The van der Waals surface area contributed by atoms with Gasteiger partial charge in [0.25, 0.3) is 0 Å². The highest BCUT2D eigenvalue weighted by Gasteiger charge is 2.20. The minimum absolute atomic E-state index is 0.340. The summed E-state index contributed by atoms with van der Waals surface area (Å²) in [4.78, 5) is 0. The Labute approximate surface area is 112 Å². The van der Waals surface area contributed by atoms with Gasteiger partial charge in [-0.25, -0.2) is 0 Å². The number of nitrogens with zero attached hydrogens (tertiary/aromatic N) is 1. The van der Waals surface area contributed by atoms with Crippen LogP contribution >= 0.6 is 11.6 Å². The van der Waals surface area contributed by atoms with Crippen molar-refractivity contribution in [1.29, 1.82) is 5.26 Å². The molecule has 0 fully saturated rings. The van der Waals surface area contributed by atoms with E-state index in [1.807, 2.05) is 0 Å². The number of anilines is 1. The lowest BCUT2D eigenvalue weighted by molar-refractivity contribution is 0.0357. The van der Waals surface area contributed by atoms with Crippen molar-refractivity contribution in [3.8, 4) is 6.07 Å². The molecule has 1 aromatic rings. The molecule has 0 saturated heterocycles. The monoisotopic (exact) mass is 268 g/mol. The van der Waals surface area contributed by atoms with E-state index in [0.717, 1.165) is 0 Å². The Kier molecular flexibility index (Phi) is 5.42. The van der Waals surface area contributed by atoms with Gasteiger partial charge in [0, 0.05) is 31.7 Å². The zero-order valence-corrected chi connectivity index (χ0v) is 11.3. The number of ether oxygens (including phenoxy) is 1. The summed E-state index contributed by atoms with van der Waals surface area (Å²) in [5.41, 5.74) is 0.243.